The summed E-state index contributed by atoms with van der Waals surface area (Å²) >= 11 is 0. The Morgan fingerprint density at radius 1 is 0.450 bits per heavy atom. The van der Waals surface area contributed by atoms with E-state index in [1.807, 2.05) is 84.9 Å². The lowest BCUT2D eigenvalue weighted by molar-refractivity contribution is 0.592. The smallest absolute Gasteiger partial charge is 0.171 e. The molecule has 6 rings (SSSR count). The molecule has 0 bridgehead atoms. The first kappa shape index (κ1) is 25.5. The Morgan fingerprint density at radius 3 is 1.40 bits per heavy atom. The maximum absolute atomic E-state index is 14.7. The third kappa shape index (κ3) is 4.86. The quantitative estimate of drug-likeness (QED) is 0.216. The second-order valence-corrected chi connectivity index (χ2v) is 11.9. The van der Waals surface area contributed by atoms with Gasteiger partial charge in [0.1, 0.15) is 11.6 Å². The monoisotopic (exact) mass is 545 g/mol. The van der Waals surface area contributed by atoms with Crippen LogP contribution in [-0.2, 0) is 4.57 Å². The highest BCUT2D eigenvalue weighted by Crippen LogP contribution is 2.42. The molecule has 7 heteroatoms. The van der Waals surface area contributed by atoms with Gasteiger partial charge in [-0.3, -0.25) is 0 Å². The Morgan fingerprint density at radius 2 is 0.875 bits per heavy atom. The number of aromatic nitrogens is 3. The first-order valence-corrected chi connectivity index (χ1v) is 14.3. The largest absolute Gasteiger partial charge is 0.309 e. The van der Waals surface area contributed by atoms with E-state index in [0.29, 0.717) is 22.3 Å². The van der Waals surface area contributed by atoms with Crippen LogP contribution in [0.4, 0.5) is 8.78 Å². The van der Waals surface area contributed by atoms with Crippen LogP contribution in [0, 0.1) is 11.6 Å². The highest BCUT2D eigenvalue weighted by molar-refractivity contribution is 7.85. The van der Waals surface area contributed by atoms with Crippen LogP contribution < -0.4 is 15.9 Å². The fourth-order valence-corrected chi connectivity index (χ4v) is 7.19. The van der Waals surface area contributed by atoms with E-state index in [1.54, 1.807) is 30.3 Å². The summed E-state index contributed by atoms with van der Waals surface area (Å²) in [7, 11) is -3.15. The number of hydrogen-bond acceptors (Lipinski definition) is 4. The summed E-state index contributed by atoms with van der Waals surface area (Å²) in [6, 6.07) is 38.1. The van der Waals surface area contributed by atoms with Crippen LogP contribution in [0.5, 0.6) is 0 Å². The number of benzene rings is 5. The summed E-state index contributed by atoms with van der Waals surface area (Å²) in [6.45, 7) is 0. The molecule has 0 saturated carbocycles. The summed E-state index contributed by atoms with van der Waals surface area (Å²) < 4.78 is 43.0. The van der Waals surface area contributed by atoms with E-state index in [0.717, 1.165) is 10.6 Å². The van der Waals surface area contributed by atoms with Crippen molar-refractivity contribution in [2.45, 2.75) is 0 Å². The molecule has 0 amide bonds. The van der Waals surface area contributed by atoms with Crippen molar-refractivity contribution in [3.63, 3.8) is 0 Å². The van der Waals surface area contributed by atoms with Crippen LogP contribution in [0.3, 0.4) is 0 Å². The average molecular weight is 546 g/mol. The van der Waals surface area contributed by atoms with Gasteiger partial charge in [0.2, 0.25) is 0 Å². The predicted octanol–water partition coefficient (Wildman–Crippen LogP) is 6.79. The molecule has 0 saturated heterocycles. The van der Waals surface area contributed by atoms with Gasteiger partial charge in [-0.15, -0.1) is 0 Å². The van der Waals surface area contributed by atoms with Gasteiger partial charge in [-0.2, -0.15) is 0 Å². The molecule has 40 heavy (non-hydrogen) atoms. The molecule has 1 heterocycles. The summed E-state index contributed by atoms with van der Waals surface area (Å²) in [4.78, 5) is 13.7. The highest BCUT2D eigenvalue weighted by atomic mass is 31.2. The van der Waals surface area contributed by atoms with E-state index >= 15 is 0 Å². The van der Waals surface area contributed by atoms with E-state index < -0.39 is 13.0 Å². The fourth-order valence-electron chi connectivity index (χ4n) is 4.54. The van der Waals surface area contributed by atoms with Crippen molar-refractivity contribution in [1.82, 2.24) is 15.0 Å². The lowest BCUT2D eigenvalue weighted by Gasteiger charge is -2.20. The van der Waals surface area contributed by atoms with E-state index in [2.05, 4.69) is 15.0 Å². The van der Waals surface area contributed by atoms with Gasteiger partial charge >= 0.3 is 0 Å². The lowest BCUT2D eigenvalue weighted by atomic mass is 10.1. The molecule has 0 radical (unpaired) electrons. The number of rotatable bonds is 6. The molecule has 0 spiro atoms. The number of nitrogens with zero attached hydrogens (tertiary/aromatic N) is 3. The molecule has 6 aromatic rings. The second-order valence-electron chi connectivity index (χ2n) is 9.12. The maximum atomic E-state index is 14.7. The van der Waals surface area contributed by atoms with Gasteiger partial charge in [-0.25, -0.2) is 23.7 Å². The molecule has 0 fully saturated rings. The number of hydrogen-bond donors (Lipinski definition) is 0. The van der Waals surface area contributed by atoms with E-state index in [9.17, 15) is 13.3 Å². The first-order valence-electron chi connectivity index (χ1n) is 12.6. The van der Waals surface area contributed by atoms with Crippen molar-refractivity contribution in [2.75, 3.05) is 0 Å². The molecule has 0 aliphatic carbocycles. The lowest BCUT2D eigenvalue weighted by Crippen LogP contribution is -2.24. The summed E-state index contributed by atoms with van der Waals surface area (Å²) in [5, 5.41) is 2.12. The van der Waals surface area contributed by atoms with Crippen LogP contribution in [-0.4, -0.2) is 15.0 Å². The average Bonchev–Trinajstić information content (AvgIpc) is 3.02. The Balaban J connectivity index is 1.48. The molecule has 0 aliphatic rings. The Kier molecular flexibility index (Phi) is 6.85. The molecular weight excluding hydrogens is 523 g/mol. The molecule has 0 aliphatic heterocycles. The molecule has 1 aromatic heterocycles. The Labute approximate surface area is 230 Å². The molecule has 0 unspecified atom stereocenters. The zero-order chi connectivity index (χ0) is 27.5. The van der Waals surface area contributed by atoms with Crippen molar-refractivity contribution in [1.29, 1.82) is 0 Å². The molecule has 5 aromatic carbocycles. The molecule has 0 N–H and O–H groups in total. The predicted molar refractivity (Wildman–Crippen MR) is 155 cm³/mol. The van der Waals surface area contributed by atoms with Crippen LogP contribution in [0.15, 0.2) is 133 Å². The van der Waals surface area contributed by atoms with Gasteiger partial charge in [0, 0.05) is 27.0 Å². The van der Waals surface area contributed by atoms with Crippen LogP contribution in [0.2, 0.25) is 0 Å². The minimum absolute atomic E-state index is 0.158. The second kappa shape index (κ2) is 10.8. The van der Waals surface area contributed by atoms with Crippen LogP contribution in [0.1, 0.15) is 0 Å². The van der Waals surface area contributed by atoms with Gasteiger partial charge in [0.25, 0.3) is 0 Å². The van der Waals surface area contributed by atoms with Gasteiger partial charge in [-0.1, -0.05) is 97.1 Å². The number of halogens is 2. The highest BCUT2D eigenvalue weighted by Gasteiger charge is 2.29. The van der Waals surface area contributed by atoms with E-state index in [4.69, 9.17) is 0 Å². The van der Waals surface area contributed by atoms with Crippen LogP contribution in [0.25, 0.3) is 34.2 Å². The molecule has 0 atom stereocenters. The SMILES string of the molecule is O=P(c1ccccc1)(c1ccccc1)c1ccc(-c2nc(-c3ccc(F)cc3)nc(-c3ccccc3F)n2)cc1. The summed E-state index contributed by atoms with van der Waals surface area (Å²) in [5.41, 5.74) is 1.43. The summed E-state index contributed by atoms with van der Waals surface area (Å²) in [6.07, 6.45) is 0. The third-order valence-electron chi connectivity index (χ3n) is 6.58. The molecular formula is C33H22F2N3OP. The van der Waals surface area contributed by atoms with E-state index in [1.165, 1.54) is 18.2 Å². The van der Waals surface area contributed by atoms with Crippen molar-refractivity contribution in [2.24, 2.45) is 0 Å². The standard InChI is InChI=1S/C33H22F2N3OP/c34-25-19-15-23(16-20-25)31-36-32(38-33(37-31)29-13-7-8-14-30(29)35)24-17-21-28(22-18-24)40(39,26-9-3-1-4-10-26)27-11-5-2-6-12-27/h1-22H. The van der Waals surface area contributed by atoms with Crippen molar-refractivity contribution >= 4 is 23.1 Å². The minimum atomic E-state index is -3.15. The van der Waals surface area contributed by atoms with Crippen LogP contribution >= 0.6 is 7.14 Å². The Hall–Kier alpha value is -4.80. The first-order chi connectivity index (χ1) is 19.5. The normalized spacial score (nSPS) is 11.3. The van der Waals surface area contributed by atoms with Gasteiger partial charge in [0.15, 0.2) is 24.6 Å². The van der Waals surface area contributed by atoms with E-state index in [-0.39, 0.29) is 23.0 Å². The van der Waals surface area contributed by atoms with Crippen molar-refractivity contribution < 1.29 is 13.3 Å². The minimum Gasteiger partial charge on any atom is -0.309 e. The van der Waals surface area contributed by atoms with Gasteiger partial charge in [0.05, 0.1) is 5.56 Å². The topological polar surface area (TPSA) is 55.7 Å². The molecule has 4 nitrogen and oxygen atoms in total. The van der Waals surface area contributed by atoms with Crippen molar-refractivity contribution in [3.8, 4) is 34.2 Å². The van der Waals surface area contributed by atoms with Crippen molar-refractivity contribution in [3.05, 3.63) is 145 Å². The maximum Gasteiger partial charge on any atom is 0.171 e. The molecule has 194 valence electrons. The fraction of sp³-hybridized carbons (Fsp3) is 0. The summed E-state index contributed by atoms with van der Waals surface area (Å²) in [5.74, 6) is -0.0957. The van der Waals surface area contributed by atoms with Gasteiger partial charge < -0.3 is 4.57 Å². The Bertz CT molecular complexity index is 1790. The zero-order valence-electron chi connectivity index (χ0n) is 21.2. The van der Waals surface area contributed by atoms with Gasteiger partial charge in [-0.05, 0) is 36.4 Å². The zero-order valence-corrected chi connectivity index (χ0v) is 22.0. The third-order valence-corrected chi connectivity index (χ3v) is 9.66.